The summed E-state index contributed by atoms with van der Waals surface area (Å²) in [5, 5.41) is 4.15. The minimum atomic E-state index is -0.782. The first-order chi connectivity index (χ1) is 18.8. The molecule has 4 heterocycles. The van der Waals surface area contributed by atoms with Crippen molar-refractivity contribution in [1.29, 1.82) is 0 Å². The van der Waals surface area contributed by atoms with Crippen LogP contribution in [-0.4, -0.2) is 44.9 Å². The van der Waals surface area contributed by atoms with Crippen LogP contribution in [0.2, 0.25) is 0 Å². The fraction of sp³-hybridized carbons (Fsp3) is 0.467. The molecule has 40 heavy (non-hydrogen) atoms. The van der Waals surface area contributed by atoms with E-state index in [0.717, 1.165) is 41.6 Å². The largest absolute Gasteiger partial charge is 0.362 e. The summed E-state index contributed by atoms with van der Waals surface area (Å²) < 4.78 is 18.1. The first-order valence-electron chi connectivity index (χ1n) is 13.5. The Bertz CT molecular complexity index is 1350. The monoisotopic (exact) mass is 628 g/mol. The van der Waals surface area contributed by atoms with E-state index >= 15 is 0 Å². The summed E-state index contributed by atoms with van der Waals surface area (Å²) in [6, 6.07) is 14.6. The zero-order valence-electron chi connectivity index (χ0n) is 24.0. The molecule has 1 aliphatic rings. The number of anilines is 1. The van der Waals surface area contributed by atoms with Gasteiger partial charge in [0.1, 0.15) is 15.4 Å². The summed E-state index contributed by atoms with van der Waals surface area (Å²) in [6.07, 6.45) is 3.14. The van der Waals surface area contributed by atoms with E-state index in [1.807, 2.05) is 51.1 Å². The molecule has 1 fully saturated rings. The Kier molecular flexibility index (Phi) is 9.52. The molecule has 2 unspecified atom stereocenters. The van der Waals surface area contributed by atoms with Crippen molar-refractivity contribution in [3.8, 4) is 0 Å². The highest BCUT2D eigenvalue weighted by atomic mass is 79.9. The van der Waals surface area contributed by atoms with E-state index in [0.29, 0.717) is 22.5 Å². The molecule has 1 aliphatic heterocycles. The van der Waals surface area contributed by atoms with Gasteiger partial charge in [0.25, 0.3) is 5.91 Å². The molecule has 1 saturated heterocycles. The van der Waals surface area contributed by atoms with Gasteiger partial charge in [0.2, 0.25) is 5.95 Å². The number of aromatic nitrogens is 3. The number of amides is 1. The van der Waals surface area contributed by atoms with Gasteiger partial charge in [0.15, 0.2) is 0 Å². The molecular weight excluding hydrogens is 591 g/mol. The number of nitrogens with one attached hydrogen (secondary N) is 2. The van der Waals surface area contributed by atoms with E-state index in [4.69, 9.17) is 4.98 Å². The third-order valence-electron chi connectivity index (χ3n) is 7.47. The normalized spacial score (nSPS) is 17.9. The lowest BCUT2D eigenvalue weighted by Gasteiger charge is -2.26. The molecule has 0 radical (unpaired) electrons. The Morgan fingerprint density at radius 2 is 1.90 bits per heavy atom. The average Bonchev–Trinajstić information content (AvgIpc) is 3.15. The molecule has 10 heteroatoms. The molecule has 3 aromatic rings. The quantitative estimate of drug-likeness (QED) is 0.192. The van der Waals surface area contributed by atoms with Crippen LogP contribution in [-0.2, 0) is 5.41 Å². The zero-order valence-corrected chi connectivity index (χ0v) is 26.4. The fourth-order valence-corrected chi connectivity index (χ4v) is 5.93. The average molecular weight is 630 g/mol. The second kappa shape index (κ2) is 12.5. The van der Waals surface area contributed by atoms with Gasteiger partial charge < -0.3 is 10.2 Å². The van der Waals surface area contributed by atoms with Crippen LogP contribution in [0.15, 0.2) is 58.2 Å². The van der Waals surface area contributed by atoms with Crippen molar-refractivity contribution in [3.63, 3.8) is 0 Å². The lowest BCUT2D eigenvalue weighted by molar-refractivity contribution is 0.0979. The predicted octanol–water partition coefficient (Wildman–Crippen LogP) is 7.17. The summed E-state index contributed by atoms with van der Waals surface area (Å²) in [6.45, 7) is 11.5. The number of halogens is 2. The van der Waals surface area contributed by atoms with Crippen LogP contribution in [0.25, 0.3) is 0 Å². The molecule has 3 aromatic heterocycles. The van der Waals surface area contributed by atoms with Gasteiger partial charge in [-0.05, 0) is 98.4 Å². The van der Waals surface area contributed by atoms with E-state index in [1.54, 1.807) is 12.1 Å². The van der Waals surface area contributed by atoms with Gasteiger partial charge in [-0.3, -0.25) is 9.52 Å². The van der Waals surface area contributed by atoms with E-state index in [9.17, 15) is 9.18 Å². The van der Waals surface area contributed by atoms with Gasteiger partial charge >= 0.3 is 0 Å². The van der Waals surface area contributed by atoms with Crippen molar-refractivity contribution in [2.24, 2.45) is 5.92 Å². The van der Waals surface area contributed by atoms with Crippen molar-refractivity contribution >= 4 is 39.6 Å². The number of pyridine rings is 3. The Morgan fingerprint density at radius 1 is 1.15 bits per heavy atom. The van der Waals surface area contributed by atoms with Crippen LogP contribution >= 0.6 is 27.9 Å². The van der Waals surface area contributed by atoms with Crippen LogP contribution in [0.3, 0.4) is 0 Å². The van der Waals surface area contributed by atoms with Gasteiger partial charge in [-0.2, -0.15) is 4.39 Å². The van der Waals surface area contributed by atoms with Crippen molar-refractivity contribution in [2.75, 3.05) is 18.9 Å². The van der Waals surface area contributed by atoms with E-state index < -0.39 is 11.9 Å². The minimum absolute atomic E-state index is 0.0321. The maximum Gasteiger partial charge on any atom is 0.266 e. The predicted molar refractivity (Wildman–Crippen MR) is 163 cm³/mol. The molecule has 0 saturated carbocycles. The topological polar surface area (TPSA) is 83.0 Å². The fourth-order valence-electron chi connectivity index (χ4n) is 4.97. The zero-order chi connectivity index (χ0) is 29.1. The van der Waals surface area contributed by atoms with Gasteiger partial charge in [0.05, 0.1) is 17.3 Å². The number of carbonyl (C=O) groups is 1. The van der Waals surface area contributed by atoms with E-state index in [1.165, 1.54) is 12.5 Å². The number of hydrogen-bond acceptors (Lipinski definition) is 7. The maximum absolute atomic E-state index is 14.6. The van der Waals surface area contributed by atoms with Gasteiger partial charge in [-0.1, -0.05) is 32.9 Å². The second-order valence-corrected chi connectivity index (χ2v) is 13.7. The standard InChI is InChI=1S/C30H38BrFN6OS/c1-29(2,3)23-16-14-20(27(32)35-23)28(39)37-40-26-12-8-11-25(36-26)34-22(21-9-7-10-24(31)33-21)15-13-19-17-30(4,5)38(6)18-19/h7-12,14,16,19,22H,13,15,17-18H2,1-6H3,(H,34,36)(H,37,39). The molecule has 0 aromatic carbocycles. The lowest BCUT2D eigenvalue weighted by atomic mass is 9.91. The number of rotatable bonds is 9. The van der Waals surface area contributed by atoms with E-state index in [-0.39, 0.29) is 22.6 Å². The highest BCUT2D eigenvalue weighted by Gasteiger charge is 2.35. The van der Waals surface area contributed by atoms with Crippen LogP contribution in [0, 0.1) is 11.9 Å². The number of nitrogens with zero attached hydrogens (tertiary/aromatic N) is 4. The number of carbonyl (C=O) groups excluding carboxylic acids is 1. The number of hydrogen-bond donors (Lipinski definition) is 2. The van der Waals surface area contributed by atoms with Crippen LogP contribution in [0.1, 0.15) is 81.7 Å². The Balaban J connectivity index is 1.43. The smallest absolute Gasteiger partial charge is 0.266 e. The van der Waals surface area contributed by atoms with Gasteiger partial charge in [-0.15, -0.1) is 0 Å². The highest BCUT2D eigenvalue weighted by molar-refractivity contribution is 9.10. The van der Waals surface area contributed by atoms with Crippen LogP contribution in [0.4, 0.5) is 10.2 Å². The van der Waals surface area contributed by atoms with Crippen molar-refractivity contribution in [3.05, 3.63) is 76.0 Å². The Hall–Kier alpha value is -2.56. The Labute approximate surface area is 249 Å². The summed E-state index contributed by atoms with van der Waals surface area (Å²) in [4.78, 5) is 28.5. The third kappa shape index (κ3) is 7.79. The van der Waals surface area contributed by atoms with E-state index in [2.05, 4.69) is 61.7 Å². The van der Waals surface area contributed by atoms with Crippen molar-refractivity contribution in [2.45, 2.75) is 75.9 Å². The van der Waals surface area contributed by atoms with Crippen LogP contribution in [0.5, 0.6) is 0 Å². The molecule has 0 aliphatic carbocycles. The molecule has 2 N–H and O–H groups in total. The summed E-state index contributed by atoms with van der Waals surface area (Å²) in [5.41, 5.74) is 1.33. The first-order valence-corrected chi connectivity index (χ1v) is 15.1. The van der Waals surface area contributed by atoms with Crippen molar-refractivity contribution < 1.29 is 9.18 Å². The molecule has 7 nitrogen and oxygen atoms in total. The lowest BCUT2D eigenvalue weighted by Crippen LogP contribution is -2.34. The summed E-state index contributed by atoms with van der Waals surface area (Å²) in [7, 11) is 2.20. The second-order valence-electron chi connectivity index (χ2n) is 12.1. The van der Waals surface area contributed by atoms with Crippen molar-refractivity contribution in [1.82, 2.24) is 24.6 Å². The Morgan fingerprint density at radius 3 is 2.55 bits per heavy atom. The first kappa shape index (κ1) is 30.4. The molecule has 4 rings (SSSR count). The van der Waals surface area contributed by atoms with Crippen LogP contribution < -0.4 is 10.0 Å². The summed E-state index contributed by atoms with van der Waals surface area (Å²) in [5.74, 6) is -0.0439. The van der Waals surface area contributed by atoms with Gasteiger partial charge in [0, 0.05) is 35.1 Å². The number of likely N-dealkylation sites (tertiary alicyclic amines) is 1. The highest BCUT2D eigenvalue weighted by Crippen LogP contribution is 2.35. The maximum atomic E-state index is 14.6. The molecule has 2 atom stereocenters. The summed E-state index contributed by atoms with van der Waals surface area (Å²) >= 11 is 4.54. The molecular formula is C30H38BrFN6OS. The minimum Gasteiger partial charge on any atom is -0.362 e. The third-order valence-corrected chi connectivity index (χ3v) is 8.63. The van der Waals surface area contributed by atoms with Gasteiger partial charge in [-0.25, -0.2) is 15.0 Å². The molecule has 0 bridgehead atoms. The SMILES string of the molecule is CN1CC(CCC(Nc2cccc(SNC(=O)c3ccc(C(C)(C)C)nc3F)n2)c2cccc(Br)n2)CC1(C)C. The molecule has 0 spiro atoms. The molecule has 214 valence electrons. The molecule has 1 amide bonds.